The number of aromatic nitrogens is 3. The van der Waals surface area contributed by atoms with Gasteiger partial charge < -0.3 is 9.84 Å². The zero-order valence-corrected chi connectivity index (χ0v) is 7.60. The Balaban J connectivity index is 2.21. The van der Waals surface area contributed by atoms with E-state index in [-0.39, 0.29) is 12.0 Å². The molecule has 0 spiro atoms. The van der Waals surface area contributed by atoms with Crippen LogP contribution in [0.5, 0.6) is 0 Å². The van der Waals surface area contributed by atoms with E-state index in [1.165, 1.54) is 0 Å². The predicted molar refractivity (Wildman–Crippen MR) is 45.2 cm³/mol. The van der Waals surface area contributed by atoms with Crippen molar-refractivity contribution < 1.29 is 9.84 Å². The van der Waals surface area contributed by atoms with Crippen LogP contribution in [0.4, 0.5) is 0 Å². The van der Waals surface area contributed by atoms with Crippen LogP contribution in [0.15, 0.2) is 6.20 Å². The minimum Gasteiger partial charge on any atom is -0.396 e. The Morgan fingerprint density at radius 1 is 1.69 bits per heavy atom. The summed E-state index contributed by atoms with van der Waals surface area (Å²) in [7, 11) is 1.84. The van der Waals surface area contributed by atoms with Crippen LogP contribution in [0, 0.1) is 0 Å². The molecule has 2 heterocycles. The Bertz CT molecular complexity index is 293. The zero-order valence-electron chi connectivity index (χ0n) is 7.60. The van der Waals surface area contributed by atoms with Crippen LogP contribution >= 0.6 is 0 Å². The molecular formula is C8H13N3O2. The minimum absolute atomic E-state index is 0.0803. The molecule has 5 nitrogen and oxygen atoms in total. The highest BCUT2D eigenvalue weighted by Gasteiger charge is 2.42. The van der Waals surface area contributed by atoms with Crippen LogP contribution in [-0.4, -0.2) is 39.9 Å². The van der Waals surface area contributed by atoms with E-state index in [2.05, 4.69) is 10.3 Å². The molecule has 1 aromatic rings. The Hall–Kier alpha value is -0.940. The number of rotatable bonds is 3. The maximum atomic E-state index is 8.92. The van der Waals surface area contributed by atoms with Gasteiger partial charge in [-0.2, -0.15) is 0 Å². The van der Waals surface area contributed by atoms with E-state index in [1.54, 1.807) is 4.68 Å². The summed E-state index contributed by atoms with van der Waals surface area (Å²) in [4.78, 5) is 0. The molecule has 0 radical (unpaired) electrons. The molecule has 1 aromatic heterocycles. The fraction of sp³-hybridized carbons (Fsp3) is 0.750. The summed E-state index contributed by atoms with van der Waals surface area (Å²) in [6.45, 7) is 1.46. The molecular weight excluding hydrogens is 170 g/mol. The number of hydrogen-bond acceptors (Lipinski definition) is 4. The molecule has 0 amide bonds. The number of nitrogens with zero attached hydrogens (tertiary/aromatic N) is 3. The van der Waals surface area contributed by atoms with E-state index >= 15 is 0 Å². The number of hydrogen-bond donors (Lipinski definition) is 1. The Labute approximate surface area is 76.3 Å². The van der Waals surface area contributed by atoms with E-state index in [0.717, 1.165) is 5.69 Å². The fourth-order valence-electron chi connectivity index (χ4n) is 1.57. The largest absolute Gasteiger partial charge is 0.396 e. The maximum absolute atomic E-state index is 8.92. The third-order valence-corrected chi connectivity index (χ3v) is 2.49. The number of ether oxygens (including phenoxy) is 1. The first-order valence-electron chi connectivity index (χ1n) is 4.32. The normalized spacial score (nSPS) is 19.8. The molecule has 72 valence electrons. The first kappa shape index (κ1) is 8.65. The average molecular weight is 183 g/mol. The highest BCUT2D eigenvalue weighted by atomic mass is 16.5. The highest BCUT2D eigenvalue weighted by molar-refractivity contribution is 5.16. The molecule has 0 atom stereocenters. The van der Waals surface area contributed by atoms with Gasteiger partial charge in [-0.3, -0.25) is 4.68 Å². The quantitative estimate of drug-likeness (QED) is 0.684. The summed E-state index contributed by atoms with van der Waals surface area (Å²) in [6.07, 6.45) is 2.59. The summed E-state index contributed by atoms with van der Waals surface area (Å²) in [5, 5.41) is 16.9. The molecule has 1 aliphatic heterocycles. The Morgan fingerprint density at radius 3 is 2.85 bits per heavy atom. The van der Waals surface area contributed by atoms with Gasteiger partial charge in [0.1, 0.15) is 0 Å². The monoisotopic (exact) mass is 183 g/mol. The summed E-state index contributed by atoms with van der Waals surface area (Å²) < 4.78 is 6.84. The molecule has 13 heavy (non-hydrogen) atoms. The molecule has 0 unspecified atom stereocenters. The van der Waals surface area contributed by atoms with Crippen molar-refractivity contribution in [1.82, 2.24) is 15.0 Å². The van der Waals surface area contributed by atoms with Gasteiger partial charge in [0.2, 0.25) is 0 Å². The van der Waals surface area contributed by atoms with Gasteiger partial charge in [0.25, 0.3) is 0 Å². The van der Waals surface area contributed by atoms with Crippen LogP contribution in [0.3, 0.4) is 0 Å². The second kappa shape index (κ2) is 3.08. The van der Waals surface area contributed by atoms with Gasteiger partial charge in [0.15, 0.2) is 0 Å². The van der Waals surface area contributed by atoms with Gasteiger partial charge in [0.05, 0.1) is 24.3 Å². The fourth-order valence-corrected chi connectivity index (χ4v) is 1.57. The van der Waals surface area contributed by atoms with Gasteiger partial charge in [0, 0.05) is 19.9 Å². The van der Waals surface area contributed by atoms with Crippen molar-refractivity contribution in [3.8, 4) is 0 Å². The third-order valence-electron chi connectivity index (χ3n) is 2.49. The van der Waals surface area contributed by atoms with Crippen molar-refractivity contribution in [2.75, 3.05) is 19.8 Å². The van der Waals surface area contributed by atoms with E-state index in [9.17, 15) is 0 Å². The first-order valence-corrected chi connectivity index (χ1v) is 4.32. The lowest BCUT2D eigenvalue weighted by molar-refractivity contribution is -0.0722. The second-order valence-corrected chi connectivity index (χ2v) is 3.52. The molecule has 2 rings (SSSR count). The van der Waals surface area contributed by atoms with Gasteiger partial charge in [-0.1, -0.05) is 5.21 Å². The molecule has 1 N–H and O–H groups in total. The van der Waals surface area contributed by atoms with Crippen molar-refractivity contribution in [3.63, 3.8) is 0 Å². The average Bonchev–Trinajstić information content (AvgIpc) is 2.44. The topological polar surface area (TPSA) is 60.2 Å². The summed E-state index contributed by atoms with van der Waals surface area (Å²) in [6, 6.07) is 0. The van der Waals surface area contributed by atoms with E-state index in [0.29, 0.717) is 19.6 Å². The molecule has 1 saturated heterocycles. The van der Waals surface area contributed by atoms with Crippen LogP contribution in [-0.2, 0) is 17.2 Å². The predicted octanol–water partition coefficient (Wildman–Crippen LogP) is -0.535. The molecule has 1 aliphatic rings. The lowest BCUT2D eigenvalue weighted by Crippen LogP contribution is -2.47. The molecule has 1 fully saturated rings. The summed E-state index contributed by atoms with van der Waals surface area (Å²) in [5.41, 5.74) is 0.846. The SMILES string of the molecule is Cn1cc(C2(CCO)COC2)nn1. The van der Waals surface area contributed by atoms with Crippen LogP contribution in [0.25, 0.3) is 0 Å². The van der Waals surface area contributed by atoms with Gasteiger partial charge in [-0.25, -0.2) is 0 Å². The molecule has 0 aromatic carbocycles. The highest BCUT2D eigenvalue weighted by Crippen LogP contribution is 2.33. The van der Waals surface area contributed by atoms with Crippen molar-refractivity contribution >= 4 is 0 Å². The van der Waals surface area contributed by atoms with Crippen LogP contribution in [0.1, 0.15) is 12.1 Å². The summed E-state index contributed by atoms with van der Waals surface area (Å²) in [5.74, 6) is 0. The van der Waals surface area contributed by atoms with E-state index in [4.69, 9.17) is 9.84 Å². The Morgan fingerprint density at radius 2 is 2.46 bits per heavy atom. The van der Waals surface area contributed by atoms with Crippen LogP contribution in [0.2, 0.25) is 0 Å². The maximum Gasteiger partial charge on any atom is 0.0935 e. The summed E-state index contributed by atoms with van der Waals surface area (Å²) >= 11 is 0. The van der Waals surface area contributed by atoms with Crippen molar-refractivity contribution in [1.29, 1.82) is 0 Å². The van der Waals surface area contributed by atoms with E-state index < -0.39 is 0 Å². The molecule has 0 saturated carbocycles. The number of aliphatic hydroxyl groups excluding tert-OH is 1. The van der Waals surface area contributed by atoms with Crippen molar-refractivity contribution in [2.24, 2.45) is 7.05 Å². The van der Waals surface area contributed by atoms with Crippen LogP contribution < -0.4 is 0 Å². The standard InChI is InChI=1S/C8H13N3O2/c1-11-4-7(9-10-11)8(2-3-12)5-13-6-8/h4,12H,2-3,5-6H2,1H3. The zero-order chi connectivity index (χ0) is 9.31. The third kappa shape index (κ3) is 1.34. The van der Waals surface area contributed by atoms with Gasteiger partial charge in [-0.15, -0.1) is 5.10 Å². The van der Waals surface area contributed by atoms with Gasteiger partial charge in [-0.05, 0) is 6.42 Å². The molecule has 5 heteroatoms. The number of aliphatic hydroxyl groups is 1. The smallest absolute Gasteiger partial charge is 0.0935 e. The van der Waals surface area contributed by atoms with Crippen molar-refractivity contribution in [2.45, 2.75) is 11.8 Å². The first-order chi connectivity index (χ1) is 6.27. The molecule has 0 bridgehead atoms. The lowest BCUT2D eigenvalue weighted by atomic mass is 9.80. The van der Waals surface area contributed by atoms with E-state index in [1.807, 2.05) is 13.2 Å². The van der Waals surface area contributed by atoms with Gasteiger partial charge >= 0.3 is 0 Å². The Kier molecular flexibility index (Phi) is 2.05. The van der Waals surface area contributed by atoms with Crippen molar-refractivity contribution in [3.05, 3.63) is 11.9 Å². The minimum atomic E-state index is -0.0803. The lowest BCUT2D eigenvalue weighted by Gasteiger charge is -2.39. The number of aryl methyl sites for hydroxylation is 1. The second-order valence-electron chi connectivity index (χ2n) is 3.52. The molecule has 0 aliphatic carbocycles.